The number of ether oxygens (including phenoxy) is 1. The number of carbonyl (C=O) groups is 1. The zero-order valence-corrected chi connectivity index (χ0v) is 14.4. The van der Waals surface area contributed by atoms with E-state index in [1.807, 2.05) is 57.2 Å². The number of esters is 1. The molecule has 1 aliphatic rings. The van der Waals surface area contributed by atoms with Crippen molar-refractivity contribution >= 4 is 17.4 Å². The lowest BCUT2D eigenvalue weighted by Gasteiger charge is -2.21. The van der Waals surface area contributed by atoms with E-state index in [-0.39, 0.29) is 5.90 Å². The first-order valence-electron chi connectivity index (χ1n) is 8.02. The second kappa shape index (κ2) is 6.37. The molecule has 2 aromatic rings. The van der Waals surface area contributed by atoms with Crippen molar-refractivity contribution in [3.8, 4) is 6.07 Å². The molecule has 0 aromatic heterocycles. The first kappa shape index (κ1) is 16.7. The summed E-state index contributed by atoms with van der Waals surface area (Å²) in [5.74, 6) is -0.171. The van der Waals surface area contributed by atoms with Crippen molar-refractivity contribution in [1.29, 1.82) is 5.26 Å². The fourth-order valence-electron chi connectivity index (χ4n) is 2.69. The van der Waals surface area contributed by atoms with Crippen LogP contribution in [-0.2, 0) is 4.74 Å². The van der Waals surface area contributed by atoms with Gasteiger partial charge in [-0.25, -0.2) is 9.79 Å². The molecule has 4 heteroatoms. The van der Waals surface area contributed by atoms with Gasteiger partial charge in [0.15, 0.2) is 0 Å². The summed E-state index contributed by atoms with van der Waals surface area (Å²) < 4.78 is 5.36. The van der Waals surface area contributed by atoms with Crippen molar-refractivity contribution in [3.05, 3.63) is 77.0 Å². The van der Waals surface area contributed by atoms with Gasteiger partial charge in [0.1, 0.15) is 6.07 Å². The number of benzene rings is 2. The molecule has 0 radical (unpaired) electrons. The Morgan fingerprint density at radius 3 is 2.20 bits per heavy atom. The van der Waals surface area contributed by atoms with Gasteiger partial charge >= 0.3 is 5.97 Å². The number of allylic oxidation sites excluding steroid dienone is 2. The number of nitrogens with zero attached hydrogens (tertiary/aromatic N) is 2. The van der Waals surface area contributed by atoms with E-state index in [2.05, 4.69) is 11.1 Å². The molecule has 0 aliphatic carbocycles. The Morgan fingerprint density at radius 1 is 1.00 bits per heavy atom. The molecule has 0 N–H and O–H groups in total. The molecule has 124 valence electrons. The van der Waals surface area contributed by atoms with Crippen LogP contribution < -0.4 is 0 Å². The van der Waals surface area contributed by atoms with Crippen molar-refractivity contribution in [3.63, 3.8) is 0 Å². The fraction of sp³-hybridized carbons (Fsp3) is 0.190. The summed E-state index contributed by atoms with van der Waals surface area (Å²) in [4.78, 5) is 16.6. The summed E-state index contributed by atoms with van der Waals surface area (Å²) in [6, 6.07) is 18.8. The minimum absolute atomic E-state index is 0.245. The quantitative estimate of drug-likeness (QED) is 0.598. The zero-order valence-electron chi connectivity index (χ0n) is 14.4. The number of hydrogen-bond acceptors (Lipinski definition) is 4. The standard InChI is InChI=1S/C21H18N2O2/c1-21(2,3)18(17(13-22)14-9-5-4-6-10-14)23-19-15-11-7-8-12-16(15)20(24)25-19/h4-12H,1-3H3/b18-17-,23-19?. The smallest absolute Gasteiger partial charge is 0.345 e. The van der Waals surface area contributed by atoms with Crippen LogP contribution in [0, 0.1) is 16.7 Å². The van der Waals surface area contributed by atoms with Gasteiger partial charge < -0.3 is 4.74 Å². The monoisotopic (exact) mass is 330 g/mol. The van der Waals surface area contributed by atoms with E-state index in [0.717, 1.165) is 5.56 Å². The van der Waals surface area contributed by atoms with E-state index >= 15 is 0 Å². The minimum atomic E-state index is -0.416. The number of fused-ring (bicyclic) bond motifs is 1. The minimum Gasteiger partial charge on any atom is -0.403 e. The second-order valence-electron chi connectivity index (χ2n) is 6.80. The molecule has 4 nitrogen and oxygen atoms in total. The summed E-state index contributed by atoms with van der Waals surface area (Å²) in [5, 5.41) is 9.75. The van der Waals surface area contributed by atoms with Crippen molar-refractivity contribution in [2.24, 2.45) is 10.4 Å². The van der Waals surface area contributed by atoms with E-state index in [4.69, 9.17) is 4.74 Å². The highest BCUT2D eigenvalue weighted by Gasteiger charge is 2.30. The van der Waals surface area contributed by atoms with Crippen LogP contribution in [0.3, 0.4) is 0 Å². The average Bonchev–Trinajstić information content (AvgIpc) is 2.91. The third-order valence-electron chi connectivity index (χ3n) is 3.90. The van der Waals surface area contributed by atoms with Gasteiger partial charge in [-0.15, -0.1) is 0 Å². The maximum Gasteiger partial charge on any atom is 0.345 e. The topological polar surface area (TPSA) is 62.4 Å². The van der Waals surface area contributed by atoms with Gasteiger partial charge in [-0.3, -0.25) is 0 Å². The molecule has 1 heterocycles. The normalized spacial score (nSPS) is 16.1. The van der Waals surface area contributed by atoms with Crippen LogP contribution in [0.5, 0.6) is 0 Å². The van der Waals surface area contributed by atoms with Crippen LogP contribution >= 0.6 is 0 Å². The van der Waals surface area contributed by atoms with Crippen LogP contribution in [0.2, 0.25) is 0 Å². The van der Waals surface area contributed by atoms with Crippen molar-refractivity contribution in [2.75, 3.05) is 0 Å². The van der Waals surface area contributed by atoms with Crippen LogP contribution in [0.25, 0.3) is 5.57 Å². The Balaban J connectivity index is 2.22. The van der Waals surface area contributed by atoms with Gasteiger partial charge in [0.05, 0.1) is 22.4 Å². The van der Waals surface area contributed by atoms with Crippen LogP contribution in [-0.4, -0.2) is 11.9 Å². The molecular weight excluding hydrogens is 312 g/mol. The highest BCUT2D eigenvalue weighted by molar-refractivity contribution is 6.17. The predicted molar refractivity (Wildman–Crippen MR) is 96.8 cm³/mol. The summed E-state index contributed by atoms with van der Waals surface area (Å²) in [5.41, 5.74) is 2.59. The number of hydrogen-bond donors (Lipinski definition) is 0. The third kappa shape index (κ3) is 3.22. The predicted octanol–water partition coefficient (Wildman–Crippen LogP) is 4.58. The molecule has 0 saturated heterocycles. The third-order valence-corrected chi connectivity index (χ3v) is 3.90. The molecule has 0 atom stereocenters. The summed E-state index contributed by atoms with van der Waals surface area (Å²) in [7, 11) is 0. The van der Waals surface area contributed by atoms with Gasteiger partial charge in [0, 0.05) is 5.41 Å². The lowest BCUT2D eigenvalue weighted by molar-refractivity contribution is 0.0737. The molecule has 0 spiro atoms. The summed E-state index contributed by atoms with van der Waals surface area (Å²) >= 11 is 0. The van der Waals surface area contributed by atoms with E-state index in [0.29, 0.717) is 22.4 Å². The number of carbonyl (C=O) groups excluding carboxylic acids is 1. The maximum atomic E-state index is 12.0. The van der Waals surface area contributed by atoms with Gasteiger partial charge in [-0.05, 0) is 17.7 Å². The van der Waals surface area contributed by atoms with Crippen LogP contribution in [0.15, 0.2) is 65.3 Å². The van der Waals surface area contributed by atoms with Gasteiger partial charge in [-0.2, -0.15) is 5.26 Å². The summed E-state index contributed by atoms with van der Waals surface area (Å²) in [6.07, 6.45) is 0. The molecule has 0 unspecified atom stereocenters. The second-order valence-corrected chi connectivity index (χ2v) is 6.80. The molecule has 3 rings (SSSR count). The Morgan fingerprint density at radius 2 is 1.60 bits per heavy atom. The highest BCUT2D eigenvalue weighted by Crippen LogP contribution is 2.35. The molecule has 0 saturated carbocycles. The van der Waals surface area contributed by atoms with Gasteiger partial charge in [0.25, 0.3) is 0 Å². The molecule has 1 aliphatic heterocycles. The molecule has 25 heavy (non-hydrogen) atoms. The maximum absolute atomic E-state index is 12.0. The van der Waals surface area contributed by atoms with E-state index < -0.39 is 11.4 Å². The largest absolute Gasteiger partial charge is 0.403 e. The molecule has 0 amide bonds. The molecule has 0 fully saturated rings. The van der Waals surface area contributed by atoms with Crippen LogP contribution in [0.4, 0.5) is 0 Å². The van der Waals surface area contributed by atoms with Gasteiger partial charge in [0.2, 0.25) is 5.90 Å². The van der Waals surface area contributed by atoms with E-state index in [1.54, 1.807) is 18.2 Å². The molecular formula is C21H18N2O2. The highest BCUT2D eigenvalue weighted by atomic mass is 16.5. The number of aliphatic imine (C=N–C) groups is 1. The zero-order chi connectivity index (χ0) is 18.0. The Hall–Kier alpha value is -3.19. The van der Waals surface area contributed by atoms with E-state index in [9.17, 15) is 10.1 Å². The van der Waals surface area contributed by atoms with Crippen molar-refractivity contribution in [2.45, 2.75) is 20.8 Å². The number of nitriles is 1. The number of rotatable bonds is 2. The van der Waals surface area contributed by atoms with Crippen LogP contribution in [0.1, 0.15) is 42.3 Å². The number of cyclic esters (lactones) is 1. The summed E-state index contributed by atoms with van der Waals surface area (Å²) in [6.45, 7) is 5.94. The SMILES string of the molecule is CC(C)(C)/C(N=C1OC(=O)c2ccccc21)=C(\C#N)c1ccccc1. The first-order chi connectivity index (χ1) is 11.9. The van der Waals surface area contributed by atoms with Crippen molar-refractivity contribution in [1.82, 2.24) is 0 Å². The van der Waals surface area contributed by atoms with Crippen molar-refractivity contribution < 1.29 is 9.53 Å². The molecule has 0 bridgehead atoms. The average molecular weight is 330 g/mol. The van der Waals surface area contributed by atoms with Gasteiger partial charge in [-0.1, -0.05) is 63.2 Å². The Kier molecular flexibility index (Phi) is 4.24. The lowest BCUT2D eigenvalue weighted by atomic mass is 9.87. The lowest BCUT2D eigenvalue weighted by Crippen LogP contribution is -2.13. The fourth-order valence-corrected chi connectivity index (χ4v) is 2.69. The first-order valence-corrected chi connectivity index (χ1v) is 8.02. The Bertz CT molecular complexity index is 926. The van der Waals surface area contributed by atoms with E-state index in [1.165, 1.54) is 0 Å². The molecule has 2 aromatic carbocycles. The Labute approximate surface area is 147 Å².